The van der Waals surface area contributed by atoms with E-state index in [1.165, 1.54) is 5.56 Å². The topological polar surface area (TPSA) is 67.3 Å². The molecule has 0 spiro atoms. The molecule has 0 unspecified atom stereocenters. The van der Waals surface area contributed by atoms with Crippen LogP contribution in [0, 0.1) is 6.92 Å². The Kier molecular flexibility index (Phi) is 4.42. The molecule has 0 aliphatic rings. The minimum atomic E-state index is -0.177. The molecule has 1 aromatic carbocycles. The molecule has 0 bridgehead atoms. The molecule has 0 aliphatic heterocycles. The van der Waals surface area contributed by atoms with Crippen molar-refractivity contribution in [2.75, 3.05) is 0 Å². The summed E-state index contributed by atoms with van der Waals surface area (Å²) in [6, 6.07) is 10.4. The van der Waals surface area contributed by atoms with Gasteiger partial charge >= 0.3 is 0 Å². The highest BCUT2D eigenvalue weighted by Crippen LogP contribution is 2.27. The molecule has 5 heteroatoms. The van der Waals surface area contributed by atoms with Crippen LogP contribution in [-0.4, -0.2) is 25.1 Å². The molecule has 0 fully saturated rings. The highest BCUT2D eigenvalue weighted by atomic mass is 15.1. The number of nitrogens with one attached hydrogen (secondary N) is 1. The van der Waals surface area contributed by atoms with Crippen LogP contribution in [0.1, 0.15) is 58.6 Å². The normalized spacial score (nSPS) is 12.4. The summed E-state index contributed by atoms with van der Waals surface area (Å²) >= 11 is 0. The van der Waals surface area contributed by atoms with Crippen LogP contribution in [0.3, 0.4) is 0 Å². The third-order valence-electron chi connectivity index (χ3n) is 4.25. The number of hydrogen-bond donors (Lipinski definition) is 1. The van der Waals surface area contributed by atoms with E-state index in [-0.39, 0.29) is 10.8 Å². The maximum absolute atomic E-state index is 4.74. The SMILES string of the molecule is Cc1cc(-c2nc(-c3ccc(C(C)(C)C)cc3)nc(C(C)(C)C)n2)n[nH]1. The molecule has 26 heavy (non-hydrogen) atoms. The van der Waals surface area contributed by atoms with Crippen molar-refractivity contribution in [2.24, 2.45) is 0 Å². The van der Waals surface area contributed by atoms with Gasteiger partial charge in [0, 0.05) is 16.7 Å². The van der Waals surface area contributed by atoms with E-state index >= 15 is 0 Å². The van der Waals surface area contributed by atoms with Gasteiger partial charge in [0.25, 0.3) is 0 Å². The van der Waals surface area contributed by atoms with Crippen molar-refractivity contribution in [1.29, 1.82) is 0 Å². The van der Waals surface area contributed by atoms with Crippen molar-refractivity contribution in [1.82, 2.24) is 25.1 Å². The third-order valence-corrected chi connectivity index (χ3v) is 4.25. The third kappa shape index (κ3) is 3.82. The van der Waals surface area contributed by atoms with Crippen molar-refractivity contribution in [2.45, 2.75) is 59.3 Å². The Bertz CT molecular complexity index is 909. The molecule has 5 nitrogen and oxygen atoms in total. The largest absolute Gasteiger partial charge is 0.282 e. The van der Waals surface area contributed by atoms with Gasteiger partial charge in [-0.25, -0.2) is 15.0 Å². The van der Waals surface area contributed by atoms with E-state index in [2.05, 4.69) is 86.0 Å². The van der Waals surface area contributed by atoms with Gasteiger partial charge in [-0.1, -0.05) is 65.8 Å². The van der Waals surface area contributed by atoms with Crippen LogP contribution in [0.15, 0.2) is 30.3 Å². The number of aryl methyl sites for hydroxylation is 1. The summed E-state index contributed by atoms with van der Waals surface area (Å²) in [6.45, 7) is 14.9. The minimum absolute atomic E-state index is 0.117. The molecule has 0 radical (unpaired) electrons. The molecule has 136 valence electrons. The predicted octanol–water partition coefficient (Wildman–Crippen LogP) is 4.83. The standard InChI is InChI=1S/C21H27N5/c1-13-12-16(26-25-13)18-22-17(23-19(24-18)21(5,6)7)14-8-10-15(11-9-14)20(2,3)4/h8-12H,1-7H3,(H,25,26). The van der Waals surface area contributed by atoms with Crippen LogP contribution in [0.4, 0.5) is 0 Å². The molecule has 0 saturated carbocycles. The van der Waals surface area contributed by atoms with Crippen LogP contribution in [0.2, 0.25) is 0 Å². The monoisotopic (exact) mass is 349 g/mol. The van der Waals surface area contributed by atoms with Crippen molar-refractivity contribution in [3.05, 3.63) is 47.4 Å². The zero-order chi connectivity index (χ0) is 19.1. The number of aromatic nitrogens is 5. The minimum Gasteiger partial charge on any atom is -0.282 e. The van der Waals surface area contributed by atoms with Crippen LogP contribution < -0.4 is 0 Å². The Hall–Kier alpha value is -2.56. The van der Waals surface area contributed by atoms with Crippen molar-refractivity contribution in [3.63, 3.8) is 0 Å². The lowest BCUT2D eigenvalue weighted by Crippen LogP contribution is -2.18. The van der Waals surface area contributed by atoms with Crippen molar-refractivity contribution in [3.8, 4) is 22.9 Å². The second kappa shape index (κ2) is 6.31. The molecule has 0 amide bonds. The molecule has 1 N–H and O–H groups in total. The fourth-order valence-electron chi connectivity index (χ4n) is 2.61. The number of rotatable bonds is 2. The van der Waals surface area contributed by atoms with E-state index in [4.69, 9.17) is 4.98 Å². The van der Waals surface area contributed by atoms with Gasteiger partial charge in [-0.05, 0) is 24.0 Å². The van der Waals surface area contributed by atoms with E-state index in [0.717, 1.165) is 22.8 Å². The highest BCUT2D eigenvalue weighted by Gasteiger charge is 2.22. The second-order valence-electron chi connectivity index (χ2n) is 8.82. The highest BCUT2D eigenvalue weighted by molar-refractivity contribution is 5.59. The van der Waals surface area contributed by atoms with Crippen molar-refractivity contribution < 1.29 is 0 Å². The lowest BCUT2D eigenvalue weighted by atomic mass is 9.86. The van der Waals surface area contributed by atoms with Gasteiger partial charge in [-0.15, -0.1) is 0 Å². The first kappa shape index (κ1) is 18.2. The first-order valence-corrected chi connectivity index (χ1v) is 8.94. The Balaban J connectivity index is 2.11. The van der Waals surface area contributed by atoms with Gasteiger partial charge in [0.1, 0.15) is 11.5 Å². The first-order chi connectivity index (χ1) is 12.0. The summed E-state index contributed by atoms with van der Waals surface area (Å²) in [4.78, 5) is 14.1. The summed E-state index contributed by atoms with van der Waals surface area (Å²) in [5, 5.41) is 7.27. The molecule has 3 rings (SSSR count). The van der Waals surface area contributed by atoms with Gasteiger partial charge in [0.2, 0.25) is 0 Å². The van der Waals surface area contributed by atoms with Crippen molar-refractivity contribution >= 4 is 0 Å². The molecule has 2 aromatic heterocycles. The summed E-state index contributed by atoms with van der Waals surface area (Å²) < 4.78 is 0. The molecule has 0 atom stereocenters. The average Bonchev–Trinajstić information content (AvgIpc) is 2.99. The van der Waals surface area contributed by atoms with Crippen LogP contribution in [0.25, 0.3) is 22.9 Å². The zero-order valence-corrected chi connectivity index (χ0v) is 16.7. The van der Waals surface area contributed by atoms with Gasteiger partial charge in [-0.3, -0.25) is 5.10 Å². The number of H-pyrrole nitrogens is 1. The van der Waals surface area contributed by atoms with Gasteiger partial charge < -0.3 is 0 Å². The predicted molar refractivity (Wildman–Crippen MR) is 105 cm³/mol. The lowest BCUT2D eigenvalue weighted by Gasteiger charge is -2.20. The van der Waals surface area contributed by atoms with E-state index < -0.39 is 0 Å². The Labute approximate surface area is 155 Å². The van der Waals surface area contributed by atoms with E-state index in [9.17, 15) is 0 Å². The maximum atomic E-state index is 4.74. The van der Waals surface area contributed by atoms with Gasteiger partial charge in [-0.2, -0.15) is 5.10 Å². The summed E-state index contributed by atoms with van der Waals surface area (Å²) in [5.74, 6) is 2.04. The second-order valence-corrected chi connectivity index (χ2v) is 8.82. The summed E-state index contributed by atoms with van der Waals surface area (Å²) in [7, 11) is 0. The smallest absolute Gasteiger partial charge is 0.183 e. The molecular formula is C21H27N5. The molecular weight excluding hydrogens is 322 g/mol. The van der Waals surface area contributed by atoms with Crippen LogP contribution >= 0.6 is 0 Å². The summed E-state index contributed by atoms with van der Waals surface area (Å²) in [5.41, 5.74) is 3.93. The molecule has 0 aliphatic carbocycles. The summed E-state index contributed by atoms with van der Waals surface area (Å²) in [6.07, 6.45) is 0. The Morgan fingerprint density at radius 2 is 1.38 bits per heavy atom. The van der Waals surface area contributed by atoms with Crippen LogP contribution in [0.5, 0.6) is 0 Å². The first-order valence-electron chi connectivity index (χ1n) is 8.94. The Morgan fingerprint density at radius 1 is 0.769 bits per heavy atom. The number of benzene rings is 1. The number of aromatic amines is 1. The zero-order valence-electron chi connectivity index (χ0n) is 16.7. The van der Waals surface area contributed by atoms with E-state index in [0.29, 0.717) is 11.6 Å². The fourth-order valence-corrected chi connectivity index (χ4v) is 2.61. The molecule has 3 aromatic rings. The quantitative estimate of drug-likeness (QED) is 0.719. The fraction of sp³-hybridized carbons (Fsp3) is 0.429. The van der Waals surface area contributed by atoms with Gasteiger partial charge in [0.15, 0.2) is 11.6 Å². The van der Waals surface area contributed by atoms with E-state index in [1.54, 1.807) is 0 Å². The molecule has 2 heterocycles. The Morgan fingerprint density at radius 3 is 1.88 bits per heavy atom. The number of nitrogens with zero attached hydrogens (tertiary/aromatic N) is 4. The van der Waals surface area contributed by atoms with Crippen LogP contribution in [-0.2, 0) is 10.8 Å². The number of hydrogen-bond acceptors (Lipinski definition) is 4. The maximum Gasteiger partial charge on any atom is 0.183 e. The van der Waals surface area contributed by atoms with E-state index in [1.807, 2.05) is 13.0 Å². The average molecular weight is 349 g/mol. The lowest BCUT2D eigenvalue weighted by molar-refractivity contribution is 0.543. The molecule has 0 saturated heterocycles. The van der Waals surface area contributed by atoms with Gasteiger partial charge in [0.05, 0.1) is 0 Å².